The number of H-pyrrole nitrogens is 1. The maximum atomic E-state index is 5.86. The zero-order chi connectivity index (χ0) is 17.9. The maximum Gasteiger partial charge on any atom is 0.179 e. The van der Waals surface area contributed by atoms with Crippen LogP contribution in [0, 0.1) is 19.8 Å². The summed E-state index contributed by atoms with van der Waals surface area (Å²) in [5, 5.41) is 10.7. The van der Waals surface area contributed by atoms with Crippen molar-refractivity contribution in [3.8, 4) is 5.69 Å². The highest BCUT2D eigenvalue weighted by atomic mass is 16.5. The number of benzene rings is 1. The number of rotatable bonds is 6. The summed E-state index contributed by atoms with van der Waals surface area (Å²) in [6, 6.07) is 10.3. The molecule has 3 heterocycles. The first kappa shape index (κ1) is 16.9. The average molecular weight is 352 g/mol. The first-order chi connectivity index (χ1) is 12.7. The number of aromatic amines is 1. The van der Waals surface area contributed by atoms with Crippen molar-refractivity contribution in [2.24, 2.45) is 5.92 Å². The van der Waals surface area contributed by atoms with Crippen LogP contribution in [-0.4, -0.2) is 37.9 Å². The molecule has 0 unspecified atom stereocenters. The van der Waals surface area contributed by atoms with Crippen LogP contribution in [0.25, 0.3) is 5.69 Å². The predicted molar refractivity (Wildman–Crippen MR) is 97.9 cm³/mol. The van der Waals surface area contributed by atoms with E-state index in [0.717, 1.165) is 55.0 Å². The standard InChI is InChI=1S/C19H24N6O/c1-13-22-19(24-23-13)18-15(8-9-26-18)10-20-11-17-12-21-14(2)25(17)16-6-4-3-5-7-16/h3-7,12,15,18,20H,8-11H2,1-2H3,(H,22,23,24)/t15-,18-/m0/s1. The van der Waals surface area contributed by atoms with Crippen molar-refractivity contribution in [3.63, 3.8) is 0 Å². The molecule has 136 valence electrons. The summed E-state index contributed by atoms with van der Waals surface area (Å²) in [6.07, 6.45) is 2.92. The third-order valence-corrected chi connectivity index (χ3v) is 4.82. The van der Waals surface area contributed by atoms with E-state index < -0.39 is 0 Å². The monoisotopic (exact) mass is 352 g/mol. The van der Waals surface area contributed by atoms with Crippen LogP contribution in [-0.2, 0) is 11.3 Å². The molecule has 0 aliphatic carbocycles. The van der Waals surface area contributed by atoms with Gasteiger partial charge >= 0.3 is 0 Å². The van der Waals surface area contributed by atoms with E-state index >= 15 is 0 Å². The average Bonchev–Trinajstić information content (AvgIpc) is 3.36. The fourth-order valence-corrected chi connectivity index (χ4v) is 3.55. The van der Waals surface area contributed by atoms with Gasteiger partial charge in [0, 0.05) is 31.3 Å². The largest absolute Gasteiger partial charge is 0.370 e. The fourth-order valence-electron chi connectivity index (χ4n) is 3.55. The predicted octanol–water partition coefficient (Wildman–Crippen LogP) is 2.47. The minimum Gasteiger partial charge on any atom is -0.370 e. The van der Waals surface area contributed by atoms with Crippen LogP contribution in [0.2, 0.25) is 0 Å². The molecule has 2 atom stereocenters. The van der Waals surface area contributed by atoms with E-state index in [9.17, 15) is 0 Å². The molecular formula is C19H24N6O. The number of para-hydroxylation sites is 1. The van der Waals surface area contributed by atoms with Gasteiger partial charge in [-0.3, -0.25) is 9.67 Å². The summed E-state index contributed by atoms with van der Waals surface area (Å²) in [4.78, 5) is 8.92. The summed E-state index contributed by atoms with van der Waals surface area (Å²) in [5.74, 6) is 2.95. The van der Waals surface area contributed by atoms with E-state index in [1.165, 1.54) is 0 Å². The van der Waals surface area contributed by atoms with Gasteiger partial charge in [-0.15, -0.1) is 0 Å². The number of ether oxygens (including phenoxy) is 1. The van der Waals surface area contributed by atoms with Gasteiger partial charge in [0.25, 0.3) is 0 Å². The van der Waals surface area contributed by atoms with Crippen LogP contribution in [0.5, 0.6) is 0 Å². The lowest BCUT2D eigenvalue weighted by Gasteiger charge is -2.17. The first-order valence-corrected chi connectivity index (χ1v) is 9.02. The molecule has 0 spiro atoms. The summed E-state index contributed by atoms with van der Waals surface area (Å²) in [6.45, 7) is 6.31. The van der Waals surface area contributed by atoms with Crippen molar-refractivity contribution < 1.29 is 4.74 Å². The molecule has 2 aromatic heterocycles. The lowest BCUT2D eigenvalue weighted by Crippen LogP contribution is -2.26. The summed E-state index contributed by atoms with van der Waals surface area (Å²) in [5.41, 5.74) is 2.29. The van der Waals surface area contributed by atoms with Crippen molar-refractivity contribution in [1.82, 2.24) is 30.0 Å². The molecule has 0 amide bonds. The molecule has 3 aromatic rings. The number of aryl methyl sites for hydroxylation is 2. The van der Waals surface area contributed by atoms with Crippen LogP contribution in [0.1, 0.15) is 35.7 Å². The summed E-state index contributed by atoms with van der Waals surface area (Å²) >= 11 is 0. The number of nitrogens with one attached hydrogen (secondary N) is 2. The van der Waals surface area contributed by atoms with Gasteiger partial charge in [0.2, 0.25) is 0 Å². The van der Waals surface area contributed by atoms with Crippen LogP contribution in [0.15, 0.2) is 36.5 Å². The minimum atomic E-state index is -0.0341. The molecule has 7 nitrogen and oxygen atoms in total. The molecule has 1 aliphatic heterocycles. The van der Waals surface area contributed by atoms with Crippen molar-refractivity contribution in [2.45, 2.75) is 32.9 Å². The molecule has 4 rings (SSSR count). The van der Waals surface area contributed by atoms with E-state index in [4.69, 9.17) is 4.74 Å². The number of aromatic nitrogens is 5. The molecule has 1 aliphatic rings. The Labute approximate surface area is 152 Å². The Morgan fingerprint density at radius 1 is 1.27 bits per heavy atom. The molecule has 0 bridgehead atoms. The van der Waals surface area contributed by atoms with Crippen molar-refractivity contribution in [2.75, 3.05) is 13.2 Å². The highest BCUT2D eigenvalue weighted by Gasteiger charge is 2.32. The molecule has 0 saturated carbocycles. The molecule has 1 saturated heterocycles. The second-order valence-electron chi connectivity index (χ2n) is 6.72. The van der Waals surface area contributed by atoms with Crippen LogP contribution >= 0.6 is 0 Å². The fraction of sp³-hybridized carbons (Fsp3) is 0.421. The van der Waals surface area contributed by atoms with Gasteiger partial charge in [-0.2, -0.15) is 5.10 Å². The van der Waals surface area contributed by atoms with Crippen molar-refractivity contribution in [1.29, 1.82) is 0 Å². The van der Waals surface area contributed by atoms with E-state index in [2.05, 4.69) is 42.2 Å². The normalized spacial score (nSPS) is 19.9. The zero-order valence-electron chi connectivity index (χ0n) is 15.1. The quantitative estimate of drug-likeness (QED) is 0.712. The van der Waals surface area contributed by atoms with Gasteiger partial charge in [-0.1, -0.05) is 18.2 Å². The second kappa shape index (κ2) is 7.39. The van der Waals surface area contributed by atoms with Gasteiger partial charge in [0.15, 0.2) is 5.82 Å². The Bertz CT molecular complexity index is 856. The van der Waals surface area contributed by atoms with Gasteiger partial charge in [-0.25, -0.2) is 9.97 Å². The van der Waals surface area contributed by atoms with Gasteiger partial charge in [0.1, 0.15) is 17.8 Å². The molecule has 1 fully saturated rings. The Balaban J connectivity index is 1.41. The Kier molecular flexibility index (Phi) is 4.81. The topological polar surface area (TPSA) is 80.7 Å². The SMILES string of the molecule is Cc1nc([C@H]2OCC[C@H]2CNCc2cnc(C)n2-c2ccccc2)n[nH]1. The van der Waals surface area contributed by atoms with Gasteiger partial charge in [-0.05, 0) is 32.4 Å². The highest BCUT2D eigenvalue weighted by molar-refractivity contribution is 5.35. The number of nitrogens with zero attached hydrogens (tertiary/aromatic N) is 4. The third kappa shape index (κ3) is 3.40. The number of imidazole rings is 1. The molecular weight excluding hydrogens is 328 g/mol. The van der Waals surface area contributed by atoms with Gasteiger partial charge < -0.3 is 10.1 Å². The summed E-state index contributed by atoms with van der Waals surface area (Å²) < 4.78 is 8.05. The van der Waals surface area contributed by atoms with Crippen LogP contribution < -0.4 is 5.32 Å². The molecule has 7 heteroatoms. The third-order valence-electron chi connectivity index (χ3n) is 4.82. The molecule has 0 radical (unpaired) electrons. The molecule has 26 heavy (non-hydrogen) atoms. The van der Waals surface area contributed by atoms with Crippen LogP contribution in [0.4, 0.5) is 0 Å². The van der Waals surface area contributed by atoms with Crippen LogP contribution in [0.3, 0.4) is 0 Å². The number of hydrogen-bond donors (Lipinski definition) is 2. The van der Waals surface area contributed by atoms with E-state index in [-0.39, 0.29) is 6.10 Å². The first-order valence-electron chi connectivity index (χ1n) is 9.02. The lowest BCUT2D eigenvalue weighted by atomic mass is 10.0. The minimum absolute atomic E-state index is 0.0341. The highest BCUT2D eigenvalue weighted by Crippen LogP contribution is 2.32. The zero-order valence-corrected chi connectivity index (χ0v) is 15.1. The second-order valence-corrected chi connectivity index (χ2v) is 6.72. The smallest absolute Gasteiger partial charge is 0.179 e. The Morgan fingerprint density at radius 2 is 2.12 bits per heavy atom. The molecule has 1 aromatic carbocycles. The van der Waals surface area contributed by atoms with E-state index in [1.807, 2.05) is 38.2 Å². The molecule has 2 N–H and O–H groups in total. The van der Waals surface area contributed by atoms with Crippen molar-refractivity contribution >= 4 is 0 Å². The van der Waals surface area contributed by atoms with Crippen molar-refractivity contribution in [3.05, 3.63) is 59.7 Å². The van der Waals surface area contributed by atoms with Gasteiger partial charge in [0.05, 0.1) is 11.9 Å². The Morgan fingerprint density at radius 3 is 2.88 bits per heavy atom. The van der Waals surface area contributed by atoms with E-state index in [0.29, 0.717) is 5.92 Å². The van der Waals surface area contributed by atoms with E-state index in [1.54, 1.807) is 0 Å². The Hall–Kier alpha value is -2.51. The maximum absolute atomic E-state index is 5.86. The summed E-state index contributed by atoms with van der Waals surface area (Å²) in [7, 11) is 0. The lowest BCUT2D eigenvalue weighted by molar-refractivity contribution is 0.0835. The number of hydrogen-bond acceptors (Lipinski definition) is 5.